The lowest BCUT2D eigenvalue weighted by atomic mass is 10.3. The van der Waals surface area contributed by atoms with Crippen molar-refractivity contribution >= 4 is 40.7 Å². The Kier molecular flexibility index (Phi) is 3.82. The summed E-state index contributed by atoms with van der Waals surface area (Å²) in [5.74, 6) is -0.369. The van der Waals surface area contributed by atoms with E-state index in [0.29, 0.717) is 25.5 Å². The minimum Gasteiger partial charge on any atom is -0.399 e. The van der Waals surface area contributed by atoms with Gasteiger partial charge in [-0.3, -0.25) is 0 Å². The molecule has 0 radical (unpaired) electrons. The second-order valence-electron chi connectivity index (χ2n) is 3.37. The molecule has 0 atom stereocenters. The van der Waals surface area contributed by atoms with Gasteiger partial charge in [0.1, 0.15) is 5.82 Å². The second kappa shape index (κ2) is 5.17. The standard InChI is InChI=1S/C12H8Cl2FNS/c13-7-1-3-9(14)12(5-7)17-11-4-2-8(16)6-10(11)15/h1-6H,16H2. The normalized spacial score (nSPS) is 10.5. The zero-order chi connectivity index (χ0) is 12.4. The fourth-order valence-electron chi connectivity index (χ4n) is 1.27. The number of anilines is 1. The highest BCUT2D eigenvalue weighted by molar-refractivity contribution is 7.99. The van der Waals surface area contributed by atoms with Crippen LogP contribution in [0.5, 0.6) is 0 Å². The van der Waals surface area contributed by atoms with Gasteiger partial charge in [-0.1, -0.05) is 35.0 Å². The summed E-state index contributed by atoms with van der Waals surface area (Å²) in [4.78, 5) is 1.17. The van der Waals surface area contributed by atoms with Crippen LogP contribution in [0.15, 0.2) is 46.2 Å². The van der Waals surface area contributed by atoms with Crippen LogP contribution in [0.1, 0.15) is 0 Å². The molecule has 1 nitrogen and oxygen atoms in total. The Balaban J connectivity index is 2.34. The summed E-state index contributed by atoms with van der Waals surface area (Å²) >= 11 is 13.1. The highest BCUT2D eigenvalue weighted by atomic mass is 35.5. The van der Waals surface area contributed by atoms with Gasteiger partial charge in [-0.25, -0.2) is 4.39 Å². The molecule has 2 rings (SSSR count). The molecule has 0 aromatic heterocycles. The van der Waals surface area contributed by atoms with Crippen LogP contribution in [0, 0.1) is 5.82 Å². The first-order chi connectivity index (χ1) is 8.06. The minimum absolute atomic E-state index is 0.369. The number of hydrogen-bond donors (Lipinski definition) is 1. The number of halogens is 3. The quantitative estimate of drug-likeness (QED) is 0.798. The molecule has 0 unspecified atom stereocenters. The molecule has 17 heavy (non-hydrogen) atoms. The maximum Gasteiger partial charge on any atom is 0.139 e. The molecule has 2 aromatic carbocycles. The molecule has 88 valence electrons. The van der Waals surface area contributed by atoms with E-state index in [2.05, 4.69) is 0 Å². The molecule has 0 saturated carbocycles. The van der Waals surface area contributed by atoms with Gasteiger partial charge in [-0.05, 0) is 36.4 Å². The number of rotatable bonds is 2. The molecule has 0 amide bonds. The molecular formula is C12H8Cl2FNS. The van der Waals surface area contributed by atoms with E-state index in [1.165, 1.54) is 17.8 Å². The van der Waals surface area contributed by atoms with Gasteiger partial charge >= 0.3 is 0 Å². The minimum atomic E-state index is -0.369. The predicted molar refractivity (Wildman–Crippen MR) is 71.4 cm³/mol. The van der Waals surface area contributed by atoms with Crippen molar-refractivity contribution in [1.82, 2.24) is 0 Å². The zero-order valence-electron chi connectivity index (χ0n) is 8.58. The van der Waals surface area contributed by atoms with Gasteiger partial charge in [0.2, 0.25) is 0 Å². The Morgan fingerprint density at radius 2 is 1.76 bits per heavy atom. The van der Waals surface area contributed by atoms with Crippen molar-refractivity contribution < 1.29 is 4.39 Å². The molecule has 0 aliphatic carbocycles. The highest BCUT2D eigenvalue weighted by Gasteiger charge is 2.08. The lowest BCUT2D eigenvalue weighted by Crippen LogP contribution is -1.88. The van der Waals surface area contributed by atoms with Crippen LogP contribution < -0.4 is 5.73 Å². The lowest BCUT2D eigenvalue weighted by Gasteiger charge is -2.06. The van der Waals surface area contributed by atoms with E-state index in [4.69, 9.17) is 28.9 Å². The molecule has 0 spiro atoms. The molecule has 0 bridgehead atoms. The predicted octanol–water partition coefficient (Wildman–Crippen LogP) is 4.87. The third-order valence-electron chi connectivity index (χ3n) is 2.07. The summed E-state index contributed by atoms with van der Waals surface area (Å²) in [7, 11) is 0. The monoisotopic (exact) mass is 287 g/mol. The number of nitrogens with two attached hydrogens (primary N) is 1. The van der Waals surface area contributed by atoms with E-state index in [1.54, 1.807) is 30.3 Å². The maximum atomic E-state index is 13.6. The molecule has 5 heteroatoms. The largest absolute Gasteiger partial charge is 0.399 e. The van der Waals surface area contributed by atoms with Gasteiger partial charge in [-0.15, -0.1) is 0 Å². The first kappa shape index (κ1) is 12.6. The molecule has 2 aromatic rings. The Hall–Kier alpha value is -0.900. The maximum absolute atomic E-state index is 13.6. The topological polar surface area (TPSA) is 26.0 Å². The smallest absolute Gasteiger partial charge is 0.139 e. The second-order valence-corrected chi connectivity index (χ2v) is 5.29. The van der Waals surface area contributed by atoms with Crippen molar-refractivity contribution in [2.45, 2.75) is 9.79 Å². The summed E-state index contributed by atoms with van der Waals surface area (Å²) in [6, 6.07) is 9.61. The van der Waals surface area contributed by atoms with Crippen LogP contribution in [-0.2, 0) is 0 Å². The van der Waals surface area contributed by atoms with E-state index in [0.717, 1.165) is 0 Å². The molecule has 0 aliphatic rings. The van der Waals surface area contributed by atoms with Crippen molar-refractivity contribution in [3.8, 4) is 0 Å². The summed E-state index contributed by atoms with van der Waals surface area (Å²) < 4.78 is 13.6. The van der Waals surface area contributed by atoms with Gasteiger partial charge in [0.15, 0.2) is 0 Å². The van der Waals surface area contributed by atoms with E-state index >= 15 is 0 Å². The van der Waals surface area contributed by atoms with Crippen LogP contribution >= 0.6 is 35.0 Å². The third-order valence-corrected chi connectivity index (χ3v) is 3.85. The Morgan fingerprint density at radius 3 is 2.47 bits per heavy atom. The van der Waals surface area contributed by atoms with Gasteiger partial charge < -0.3 is 5.73 Å². The summed E-state index contributed by atoms with van der Waals surface area (Å²) in [5.41, 5.74) is 5.87. The molecule has 0 heterocycles. The van der Waals surface area contributed by atoms with Crippen LogP contribution in [0.25, 0.3) is 0 Å². The van der Waals surface area contributed by atoms with Crippen molar-refractivity contribution in [3.05, 3.63) is 52.3 Å². The van der Waals surface area contributed by atoms with Crippen molar-refractivity contribution in [2.75, 3.05) is 5.73 Å². The van der Waals surface area contributed by atoms with Crippen molar-refractivity contribution in [3.63, 3.8) is 0 Å². The van der Waals surface area contributed by atoms with Gasteiger partial charge in [0, 0.05) is 20.5 Å². The summed E-state index contributed by atoms with van der Waals surface area (Å²) in [5, 5.41) is 1.10. The summed E-state index contributed by atoms with van der Waals surface area (Å²) in [6.07, 6.45) is 0. The van der Waals surface area contributed by atoms with Crippen molar-refractivity contribution in [2.24, 2.45) is 0 Å². The zero-order valence-corrected chi connectivity index (χ0v) is 10.9. The van der Waals surface area contributed by atoms with E-state index in [1.807, 2.05) is 0 Å². The molecule has 2 N–H and O–H groups in total. The number of benzene rings is 2. The van der Waals surface area contributed by atoms with Crippen molar-refractivity contribution in [1.29, 1.82) is 0 Å². The van der Waals surface area contributed by atoms with Gasteiger partial charge in [-0.2, -0.15) is 0 Å². The number of nitrogen functional groups attached to an aromatic ring is 1. The van der Waals surface area contributed by atoms with E-state index < -0.39 is 0 Å². The van der Waals surface area contributed by atoms with E-state index in [-0.39, 0.29) is 5.82 Å². The van der Waals surface area contributed by atoms with Gasteiger partial charge in [0.05, 0.1) is 5.02 Å². The Morgan fingerprint density at radius 1 is 1.00 bits per heavy atom. The van der Waals surface area contributed by atoms with Crippen LogP contribution in [0.4, 0.5) is 10.1 Å². The average molecular weight is 288 g/mol. The average Bonchev–Trinajstić information content (AvgIpc) is 2.27. The molecular weight excluding hydrogens is 280 g/mol. The Labute approximate surface area is 113 Å². The van der Waals surface area contributed by atoms with Crippen LogP contribution in [-0.4, -0.2) is 0 Å². The van der Waals surface area contributed by atoms with Crippen LogP contribution in [0.3, 0.4) is 0 Å². The fraction of sp³-hybridized carbons (Fsp3) is 0. The fourth-order valence-corrected chi connectivity index (χ4v) is 2.62. The summed E-state index contributed by atoms with van der Waals surface area (Å²) in [6.45, 7) is 0. The number of hydrogen-bond acceptors (Lipinski definition) is 2. The molecule has 0 saturated heterocycles. The molecule has 0 aliphatic heterocycles. The van der Waals surface area contributed by atoms with Gasteiger partial charge in [0.25, 0.3) is 0 Å². The molecule has 0 fully saturated rings. The third kappa shape index (κ3) is 3.06. The lowest BCUT2D eigenvalue weighted by molar-refractivity contribution is 0.603. The van der Waals surface area contributed by atoms with E-state index in [9.17, 15) is 4.39 Å². The first-order valence-electron chi connectivity index (χ1n) is 4.74. The Bertz CT molecular complexity index is 560. The first-order valence-corrected chi connectivity index (χ1v) is 6.31. The van der Waals surface area contributed by atoms with Crippen LogP contribution in [0.2, 0.25) is 10.0 Å². The SMILES string of the molecule is Nc1ccc(Sc2cc(Cl)ccc2Cl)c(F)c1. The highest BCUT2D eigenvalue weighted by Crippen LogP contribution is 2.36.